The average molecular weight is 243 g/mol. The van der Waals surface area contributed by atoms with Crippen LogP contribution in [0.3, 0.4) is 0 Å². The van der Waals surface area contributed by atoms with Gasteiger partial charge in [-0.05, 0) is 37.6 Å². The van der Waals surface area contributed by atoms with Crippen LogP contribution in [0, 0.1) is 12.7 Å². The van der Waals surface area contributed by atoms with Gasteiger partial charge in [-0.25, -0.2) is 4.39 Å². The fourth-order valence-electron chi connectivity index (χ4n) is 1.88. The summed E-state index contributed by atoms with van der Waals surface area (Å²) in [6.45, 7) is 3.96. The Hall–Kier alpha value is -1.06. The Morgan fingerprint density at radius 3 is 2.75 bits per heavy atom. The third-order valence-electron chi connectivity index (χ3n) is 2.65. The SMILES string of the molecule is Cc1c(CC(C)N)[nH]c2ccc(F)cc12.Cl. The molecule has 16 heavy (non-hydrogen) atoms. The first-order chi connectivity index (χ1) is 7.08. The molecule has 1 aromatic carbocycles. The van der Waals surface area contributed by atoms with Gasteiger partial charge in [0.15, 0.2) is 0 Å². The summed E-state index contributed by atoms with van der Waals surface area (Å²) >= 11 is 0. The van der Waals surface area contributed by atoms with Crippen LogP contribution in [0.25, 0.3) is 10.9 Å². The molecular formula is C12H16ClFN2. The first kappa shape index (κ1) is 13.0. The van der Waals surface area contributed by atoms with Gasteiger partial charge in [0.2, 0.25) is 0 Å². The minimum absolute atomic E-state index is 0. The fraction of sp³-hybridized carbons (Fsp3) is 0.333. The van der Waals surface area contributed by atoms with E-state index in [1.807, 2.05) is 13.8 Å². The molecule has 3 N–H and O–H groups in total. The molecule has 0 spiro atoms. The van der Waals surface area contributed by atoms with Gasteiger partial charge in [0.1, 0.15) is 5.82 Å². The zero-order valence-electron chi connectivity index (χ0n) is 9.38. The van der Waals surface area contributed by atoms with E-state index >= 15 is 0 Å². The standard InChI is InChI=1S/C12H15FN2.ClH/c1-7(14)5-12-8(2)10-6-9(13)3-4-11(10)15-12;/h3-4,6-7,15H,5,14H2,1-2H3;1H. The van der Waals surface area contributed by atoms with Crippen LogP contribution in [0.4, 0.5) is 4.39 Å². The average Bonchev–Trinajstić information content (AvgIpc) is 2.44. The summed E-state index contributed by atoms with van der Waals surface area (Å²) in [4.78, 5) is 3.28. The number of aromatic amines is 1. The Kier molecular flexibility index (Phi) is 3.94. The highest BCUT2D eigenvalue weighted by atomic mass is 35.5. The van der Waals surface area contributed by atoms with Gasteiger partial charge in [0, 0.05) is 29.1 Å². The molecule has 1 heterocycles. The molecule has 0 fully saturated rings. The second-order valence-electron chi connectivity index (χ2n) is 4.10. The molecule has 0 radical (unpaired) electrons. The number of halogens is 2. The van der Waals surface area contributed by atoms with Crippen LogP contribution in [0.1, 0.15) is 18.2 Å². The lowest BCUT2D eigenvalue weighted by molar-refractivity contribution is 0.629. The molecule has 2 nitrogen and oxygen atoms in total. The third-order valence-corrected chi connectivity index (χ3v) is 2.65. The smallest absolute Gasteiger partial charge is 0.123 e. The molecule has 2 rings (SSSR count). The lowest BCUT2D eigenvalue weighted by Gasteiger charge is -2.03. The normalized spacial score (nSPS) is 12.5. The van der Waals surface area contributed by atoms with E-state index in [0.29, 0.717) is 0 Å². The number of rotatable bonds is 2. The van der Waals surface area contributed by atoms with Gasteiger partial charge in [-0.15, -0.1) is 12.4 Å². The predicted molar refractivity (Wildman–Crippen MR) is 67.6 cm³/mol. The Morgan fingerprint density at radius 1 is 1.44 bits per heavy atom. The second-order valence-corrected chi connectivity index (χ2v) is 4.10. The summed E-state index contributed by atoms with van der Waals surface area (Å²) < 4.78 is 13.0. The highest BCUT2D eigenvalue weighted by molar-refractivity contribution is 5.85. The molecule has 88 valence electrons. The summed E-state index contributed by atoms with van der Waals surface area (Å²) in [7, 11) is 0. The van der Waals surface area contributed by atoms with Gasteiger partial charge in [-0.3, -0.25) is 0 Å². The predicted octanol–water partition coefficient (Wildman–Crippen LogP) is 2.93. The van der Waals surface area contributed by atoms with Gasteiger partial charge in [-0.2, -0.15) is 0 Å². The monoisotopic (exact) mass is 242 g/mol. The molecule has 0 saturated heterocycles. The van der Waals surface area contributed by atoms with Gasteiger partial charge in [-0.1, -0.05) is 0 Å². The Bertz CT molecular complexity index is 491. The van der Waals surface area contributed by atoms with Crippen molar-refractivity contribution in [3.63, 3.8) is 0 Å². The topological polar surface area (TPSA) is 41.8 Å². The zero-order chi connectivity index (χ0) is 11.0. The van der Waals surface area contributed by atoms with Crippen molar-refractivity contribution in [1.29, 1.82) is 0 Å². The Labute approximate surface area is 100 Å². The highest BCUT2D eigenvalue weighted by Crippen LogP contribution is 2.23. The molecule has 0 aliphatic carbocycles. The number of aromatic nitrogens is 1. The van der Waals surface area contributed by atoms with Crippen LogP contribution in [0.2, 0.25) is 0 Å². The number of aryl methyl sites for hydroxylation is 1. The lowest BCUT2D eigenvalue weighted by atomic mass is 10.1. The summed E-state index contributed by atoms with van der Waals surface area (Å²) in [5.74, 6) is -0.197. The van der Waals surface area contributed by atoms with E-state index in [1.165, 1.54) is 6.07 Å². The number of nitrogens with one attached hydrogen (secondary N) is 1. The molecule has 1 aromatic heterocycles. The van der Waals surface area contributed by atoms with Gasteiger partial charge in [0.05, 0.1) is 0 Å². The van der Waals surface area contributed by atoms with Crippen molar-refractivity contribution in [2.45, 2.75) is 26.3 Å². The van der Waals surface area contributed by atoms with Crippen molar-refractivity contribution in [2.24, 2.45) is 5.73 Å². The Balaban J connectivity index is 0.00000128. The number of hydrogen-bond acceptors (Lipinski definition) is 1. The summed E-state index contributed by atoms with van der Waals surface area (Å²) in [5, 5.41) is 0.950. The van der Waals surface area contributed by atoms with E-state index in [-0.39, 0.29) is 24.3 Å². The molecule has 2 aromatic rings. The van der Waals surface area contributed by atoms with Crippen molar-refractivity contribution in [3.05, 3.63) is 35.3 Å². The molecule has 1 atom stereocenters. The van der Waals surface area contributed by atoms with E-state index in [9.17, 15) is 4.39 Å². The van der Waals surface area contributed by atoms with Crippen molar-refractivity contribution < 1.29 is 4.39 Å². The van der Waals surface area contributed by atoms with Gasteiger partial charge >= 0.3 is 0 Å². The zero-order valence-corrected chi connectivity index (χ0v) is 10.2. The maximum Gasteiger partial charge on any atom is 0.123 e. The van der Waals surface area contributed by atoms with Crippen LogP contribution in [0.15, 0.2) is 18.2 Å². The van der Waals surface area contributed by atoms with Crippen molar-refractivity contribution in [2.75, 3.05) is 0 Å². The van der Waals surface area contributed by atoms with E-state index in [1.54, 1.807) is 12.1 Å². The lowest BCUT2D eigenvalue weighted by Crippen LogP contribution is -2.18. The van der Waals surface area contributed by atoms with Gasteiger partial charge in [0.25, 0.3) is 0 Å². The van der Waals surface area contributed by atoms with E-state index < -0.39 is 0 Å². The number of nitrogens with two attached hydrogens (primary N) is 1. The largest absolute Gasteiger partial charge is 0.358 e. The first-order valence-corrected chi connectivity index (χ1v) is 5.10. The second kappa shape index (κ2) is 4.85. The maximum atomic E-state index is 13.0. The molecule has 0 bridgehead atoms. The fourth-order valence-corrected chi connectivity index (χ4v) is 1.88. The molecule has 0 saturated carbocycles. The highest BCUT2D eigenvalue weighted by Gasteiger charge is 2.09. The molecule has 1 unspecified atom stereocenters. The van der Waals surface area contributed by atoms with Crippen LogP contribution in [-0.2, 0) is 6.42 Å². The number of H-pyrrole nitrogens is 1. The van der Waals surface area contributed by atoms with E-state index in [0.717, 1.165) is 28.6 Å². The third kappa shape index (κ3) is 2.36. The first-order valence-electron chi connectivity index (χ1n) is 5.10. The van der Waals surface area contributed by atoms with E-state index in [4.69, 9.17) is 5.73 Å². The Morgan fingerprint density at radius 2 is 2.12 bits per heavy atom. The molecule has 0 aliphatic heterocycles. The summed E-state index contributed by atoms with van der Waals surface area (Å²) in [6, 6.07) is 4.91. The van der Waals surface area contributed by atoms with Crippen molar-refractivity contribution in [3.8, 4) is 0 Å². The van der Waals surface area contributed by atoms with Crippen molar-refractivity contribution in [1.82, 2.24) is 4.98 Å². The molecule has 0 aliphatic rings. The van der Waals surface area contributed by atoms with Crippen molar-refractivity contribution >= 4 is 23.3 Å². The minimum Gasteiger partial charge on any atom is -0.358 e. The maximum absolute atomic E-state index is 13.0. The number of fused-ring (bicyclic) bond motifs is 1. The van der Waals surface area contributed by atoms with Crippen LogP contribution >= 0.6 is 12.4 Å². The minimum atomic E-state index is -0.197. The number of benzene rings is 1. The molecule has 0 amide bonds. The quantitative estimate of drug-likeness (QED) is 0.836. The molecular weight excluding hydrogens is 227 g/mol. The molecule has 4 heteroatoms. The van der Waals surface area contributed by atoms with E-state index in [2.05, 4.69) is 4.98 Å². The van der Waals surface area contributed by atoms with Crippen LogP contribution in [0.5, 0.6) is 0 Å². The number of hydrogen-bond donors (Lipinski definition) is 2. The van der Waals surface area contributed by atoms with Crippen LogP contribution in [-0.4, -0.2) is 11.0 Å². The van der Waals surface area contributed by atoms with Gasteiger partial charge < -0.3 is 10.7 Å². The summed E-state index contributed by atoms with van der Waals surface area (Å²) in [6.07, 6.45) is 0.794. The van der Waals surface area contributed by atoms with Crippen LogP contribution < -0.4 is 5.73 Å². The summed E-state index contributed by atoms with van der Waals surface area (Å²) in [5.41, 5.74) is 8.93.